The number of nitrogens with zero attached hydrogens (tertiary/aromatic N) is 1. The summed E-state index contributed by atoms with van der Waals surface area (Å²) >= 11 is 0. The van der Waals surface area contributed by atoms with Crippen LogP contribution in [0, 0.1) is 0 Å². The molecule has 4 rings (SSSR count). The molecular formula is C25H35N2O12P. The van der Waals surface area contributed by atoms with E-state index >= 15 is 0 Å². The summed E-state index contributed by atoms with van der Waals surface area (Å²) in [6, 6.07) is 7.90. The maximum Gasteiger partial charge on any atom is 0.527 e. The summed E-state index contributed by atoms with van der Waals surface area (Å²) in [5.74, 6) is 0.107. The molecule has 40 heavy (non-hydrogen) atoms. The lowest BCUT2D eigenvalue weighted by molar-refractivity contribution is -0.0478. The Balaban J connectivity index is 1.34. The van der Waals surface area contributed by atoms with E-state index in [4.69, 9.17) is 37.5 Å². The molecule has 0 saturated carbocycles. The topological polar surface area (TPSA) is 166 Å². The summed E-state index contributed by atoms with van der Waals surface area (Å²) in [5, 5.41) is 0. The van der Waals surface area contributed by atoms with Crippen molar-refractivity contribution in [2.24, 2.45) is 0 Å². The van der Waals surface area contributed by atoms with Crippen molar-refractivity contribution in [2.75, 3.05) is 66.1 Å². The van der Waals surface area contributed by atoms with Crippen molar-refractivity contribution in [3.8, 4) is 5.75 Å². The van der Waals surface area contributed by atoms with E-state index < -0.39 is 37.5 Å². The number of aromatic amines is 1. The van der Waals surface area contributed by atoms with Crippen LogP contribution in [0.3, 0.4) is 0 Å². The Labute approximate surface area is 230 Å². The zero-order chi connectivity index (χ0) is 28.2. The minimum absolute atomic E-state index is 0.107. The number of phosphoric ester groups is 1. The predicted molar refractivity (Wildman–Crippen MR) is 139 cm³/mol. The van der Waals surface area contributed by atoms with Crippen LogP contribution >= 0.6 is 7.82 Å². The van der Waals surface area contributed by atoms with Gasteiger partial charge < -0.3 is 32.9 Å². The number of aromatic nitrogens is 2. The van der Waals surface area contributed by atoms with Gasteiger partial charge in [-0.3, -0.25) is 23.8 Å². The van der Waals surface area contributed by atoms with E-state index in [1.165, 1.54) is 16.8 Å². The van der Waals surface area contributed by atoms with Gasteiger partial charge in [0.05, 0.1) is 72.2 Å². The van der Waals surface area contributed by atoms with E-state index in [9.17, 15) is 19.0 Å². The standard InChI is InChI=1S/C25H35N2O12P/c28-23-7-8-27(25(29)26-23)24-6-5-19(38-24)17-37-40(30,31)39-21-4-2-1-3-20(21)22-18-35-14-13-33-10-9-32-11-12-34-15-16-36-22/h1-4,7-8,19,22,24H,5-6,9-18H2,(H,30,31)(H,26,28,29)/t19-,22?,24+/m0/s1. The monoisotopic (exact) mass is 586 g/mol. The van der Waals surface area contributed by atoms with Crippen molar-refractivity contribution in [3.05, 3.63) is 62.9 Å². The summed E-state index contributed by atoms with van der Waals surface area (Å²) in [5.41, 5.74) is -0.604. The van der Waals surface area contributed by atoms with Gasteiger partial charge in [-0.25, -0.2) is 9.36 Å². The molecule has 2 N–H and O–H groups in total. The Morgan fingerprint density at radius 2 is 1.60 bits per heavy atom. The van der Waals surface area contributed by atoms with E-state index in [1.54, 1.807) is 24.3 Å². The Bertz CT molecular complexity index is 1200. The Kier molecular flexibility index (Phi) is 11.9. The van der Waals surface area contributed by atoms with Crippen LogP contribution in [0.25, 0.3) is 0 Å². The van der Waals surface area contributed by atoms with Crippen LogP contribution in [0.4, 0.5) is 0 Å². The summed E-state index contributed by atoms with van der Waals surface area (Å²) in [4.78, 5) is 36.0. The fraction of sp³-hybridized carbons (Fsp3) is 0.600. The van der Waals surface area contributed by atoms with Crippen molar-refractivity contribution < 1.29 is 46.9 Å². The summed E-state index contributed by atoms with van der Waals surface area (Å²) in [6.45, 7) is 2.99. The highest BCUT2D eigenvalue weighted by molar-refractivity contribution is 7.47. The van der Waals surface area contributed by atoms with E-state index in [1.807, 2.05) is 0 Å². The first-order valence-electron chi connectivity index (χ1n) is 13.1. The molecule has 14 nitrogen and oxygen atoms in total. The van der Waals surface area contributed by atoms with Gasteiger partial charge in [-0.1, -0.05) is 18.2 Å². The molecule has 0 amide bonds. The van der Waals surface area contributed by atoms with E-state index in [0.29, 0.717) is 64.7 Å². The third-order valence-electron chi connectivity index (χ3n) is 6.08. The second kappa shape index (κ2) is 15.6. The molecule has 0 radical (unpaired) electrons. The maximum absolute atomic E-state index is 12.9. The SMILES string of the molecule is O=c1ccn([C@H]2CC[C@@H](COP(=O)(O)Oc3ccccc3C3COCCOCCOCCOCCO3)O2)c(=O)[nH]1. The van der Waals surface area contributed by atoms with Crippen molar-refractivity contribution in [2.45, 2.75) is 31.3 Å². The van der Waals surface area contributed by atoms with Gasteiger partial charge in [0.15, 0.2) is 0 Å². The third kappa shape index (κ3) is 9.61. The number of hydrogen-bond donors (Lipinski definition) is 2. The van der Waals surface area contributed by atoms with Crippen LogP contribution in [0.5, 0.6) is 5.75 Å². The number of para-hydroxylation sites is 1. The van der Waals surface area contributed by atoms with E-state index in [2.05, 4.69) is 4.98 Å². The van der Waals surface area contributed by atoms with Gasteiger partial charge in [0, 0.05) is 17.8 Å². The lowest BCUT2D eigenvalue weighted by Crippen LogP contribution is -2.31. The number of hydrogen-bond acceptors (Lipinski definition) is 11. The average molecular weight is 587 g/mol. The highest BCUT2D eigenvalue weighted by Gasteiger charge is 2.32. The first-order valence-corrected chi connectivity index (χ1v) is 14.6. The minimum atomic E-state index is -4.57. The number of benzene rings is 1. The molecule has 3 heterocycles. The zero-order valence-electron chi connectivity index (χ0n) is 22.0. The summed E-state index contributed by atoms with van der Waals surface area (Å²) < 4.78 is 58.7. The molecule has 2 saturated heterocycles. The molecule has 15 heteroatoms. The van der Waals surface area contributed by atoms with Crippen molar-refractivity contribution in [3.63, 3.8) is 0 Å². The number of H-pyrrole nitrogens is 1. The number of nitrogens with one attached hydrogen (secondary N) is 1. The average Bonchev–Trinajstić information content (AvgIpc) is 3.39. The molecule has 0 aliphatic carbocycles. The Hall–Kier alpha value is -2.39. The first-order chi connectivity index (χ1) is 19.4. The molecular weight excluding hydrogens is 551 g/mol. The normalized spacial score (nSPS) is 25.4. The molecule has 2 aliphatic rings. The Morgan fingerprint density at radius 1 is 0.925 bits per heavy atom. The van der Waals surface area contributed by atoms with Crippen LogP contribution in [0.2, 0.25) is 0 Å². The lowest BCUT2D eigenvalue weighted by Gasteiger charge is -2.23. The maximum atomic E-state index is 12.9. The van der Waals surface area contributed by atoms with Gasteiger partial charge in [-0.15, -0.1) is 0 Å². The van der Waals surface area contributed by atoms with Crippen molar-refractivity contribution in [1.29, 1.82) is 0 Å². The van der Waals surface area contributed by atoms with Gasteiger partial charge in [0.1, 0.15) is 18.1 Å². The van der Waals surface area contributed by atoms with Gasteiger partial charge >= 0.3 is 13.5 Å². The molecule has 1 aromatic carbocycles. The minimum Gasteiger partial charge on any atom is -0.404 e. The fourth-order valence-electron chi connectivity index (χ4n) is 4.15. The summed E-state index contributed by atoms with van der Waals surface area (Å²) in [6.07, 6.45) is 0.471. The van der Waals surface area contributed by atoms with Crippen molar-refractivity contribution >= 4 is 7.82 Å². The van der Waals surface area contributed by atoms with Crippen LogP contribution in [0.15, 0.2) is 46.1 Å². The van der Waals surface area contributed by atoms with Crippen molar-refractivity contribution in [1.82, 2.24) is 9.55 Å². The number of phosphoric acid groups is 1. The molecule has 2 fully saturated rings. The largest absolute Gasteiger partial charge is 0.527 e. The first kappa shape index (κ1) is 30.6. The molecule has 4 atom stereocenters. The predicted octanol–water partition coefficient (Wildman–Crippen LogP) is 1.55. The van der Waals surface area contributed by atoms with E-state index in [0.717, 1.165) is 0 Å². The highest BCUT2D eigenvalue weighted by atomic mass is 31.2. The van der Waals surface area contributed by atoms with Crippen LogP contribution in [0.1, 0.15) is 30.7 Å². The van der Waals surface area contributed by atoms with E-state index in [-0.39, 0.29) is 25.6 Å². The Morgan fingerprint density at radius 3 is 2.33 bits per heavy atom. The van der Waals surface area contributed by atoms with Gasteiger partial charge in [0.25, 0.3) is 5.56 Å². The second-order valence-electron chi connectivity index (χ2n) is 8.97. The van der Waals surface area contributed by atoms with Crippen LogP contribution in [-0.4, -0.2) is 86.6 Å². The molecule has 222 valence electrons. The third-order valence-corrected chi connectivity index (χ3v) is 6.98. The quantitative estimate of drug-likeness (QED) is 0.450. The number of rotatable bonds is 7. The van der Waals surface area contributed by atoms with Gasteiger partial charge in [0.2, 0.25) is 0 Å². The van der Waals surface area contributed by atoms with Crippen LogP contribution < -0.4 is 15.8 Å². The molecule has 0 spiro atoms. The fourth-order valence-corrected chi connectivity index (χ4v) is 4.97. The molecule has 1 aromatic heterocycles. The molecule has 2 aromatic rings. The van der Waals surface area contributed by atoms with Gasteiger partial charge in [-0.2, -0.15) is 0 Å². The zero-order valence-corrected chi connectivity index (χ0v) is 22.9. The lowest BCUT2D eigenvalue weighted by atomic mass is 10.1. The summed E-state index contributed by atoms with van der Waals surface area (Å²) in [7, 11) is -4.57. The molecule has 0 bridgehead atoms. The highest BCUT2D eigenvalue weighted by Crippen LogP contribution is 2.46. The number of ether oxygens (including phenoxy) is 6. The molecule has 2 unspecified atom stereocenters. The van der Waals surface area contributed by atoms with Crippen LogP contribution in [-0.2, 0) is 37.5 Å². The molecule has 2 aliphatic heterocycles. The smallest absolute Gasteiger partial charge is 0.404 e. The van der Waals surface area contributed by atoms with Gasteiger partial charge in [-0.05, 0) is 18.9 Å². The second-order valence-corrected chi connectivity index (χ2v) is 10.4.